The molecule has 1 N–H and O–H groups in total. The Hall–Kier alpha value is -1.50. The lowest BCUT2D eigenvalue weighted by atomic mass is 10.1. The molecule has 0 aromatic carbocycles. The Morgan fingerprint density at radius 3 is 2.96 bits per heavy atom. The molecule has 6 heteroatoms. The predicted octanol–water partition coefficient (Wildman–Crippen LogP) is 3.00. The van der Waals surface area contributed by atoms with Crippen LogP contribution in [0.15, 0.2) is 17.5 Å². The zero-order valence-electron chi connectivity index (χ0n) is 13.9. The highest BCUT2D eigenvalue weighted by Crippen LogP contribution is 2.40. The van der Waals surface area contributed by atoms with Gasteiger partial charge in [0.1, 0.15) is 6.10 Å². The number of hydrogen-bond acceptors (Lipinski definition) is 5. The predicted molar refractivity (Wildman–Crippen MR) is 93.0 cm³/mol. The first-order valence-electron chi connectivity index (χ1n) is 8.65. The van der Waals surface area contributed by atoms with E-state index in [0.717, 1.165) is 56.0 Å². The third-order valence-corrected chi connectivity index (χ3v) is 5.97. The molecule has 0 spiro atoms. The van der Waals surface area contributed by atoms with Crippen LogP contribution in [0.5, 0.6) is 0 Å². The number of carbonyl (C=O) groups excluding carboxylic acids is 1. The smallest absolute Gasteiger partial charge is 0.169 e. The van der Waals surface area contributed by atoms with Crippen LogP contribution in [0.4, 0.5) is 0 Å². The fraction of sp³-hybridized carbons (Fsp3) is 0.556. The first kappa shape index (κ1) is 16.0. The Morgan fingerprint density at radius 1 is 1.42 bits per heavy atom. The Kier molecular flexibility index (Phi) is 4.28. The molecule has 4 rings (SSSR count). The fourth-order valence-electron chi connectivity index (χ4n) is 3.39. The maximum Gasteiger partial charge on any atom is 0.169 e. The maximum atomic E-state index is 11.5. The number of aliphatic hydroxyl groups excluding tert-OH is 1. The summed E-state index contributed by atoms with van der Waals surface area (Å²) in [4.78, 5) is 14.7. The summed E-state index contributed by atoms with van der Waals surface area (Å²) >= 11 is 1.53. The molecule has 0 amide bonds. The highest BCUT2D eigenvalue weighted by Gasteiger charge is 2.33. The van der Waals surface area contributed by atoms with Gasteiger partial charge in [-0.3, -0.25) is 14.4 Å². The number of carbonyl (C=O) groups is 1. The van der Waals surface area contributed by atoms with Crippen LogP contribution in [0, 0.1) is 5.92 Å². The molecular formula is C18H23N3O2S. The van der Waals surface area contributed by atoms with Crippen LogP contribution in [-0.2, 0) is 19.6 Å². The van der Waals surface area contributed by atoms with Crippen molar-refractivity contribution in [1.29, 1.82) is 0 Å². The van der Waals surface area contributed by atoms with Crippen LogP contribution in [-0.4, -0.2) is 32.1 Å². The van der Waals surface area contributed by atoms with Crippen molar-refractivity contribution in [2.75, 3.05) is 6.54 Å². The summed E-state index contributed by atoms with van der Waals surface area (Å²) < 4.78 is 2.07. The summed E-state index contributed by atoms with van der Waals surface area (Å²) in [5.74, 6) is 0.551. The lowest BCUT2D eigenvalue weighted by Gasteiger charge is -2.18. The number of nitrogens with zero attached hydrogens (tertiary/aromatic N) is 3. The van der Waals surface area contributed by atoms with E-state index in [-0.39, 0.29) is 5.78 Å². The third-order valence-electron chi connectivity index (χ3n) is 4.89. The molecule has 1 atom stereocenters. The average molecular weight is 345 g/mol. The van der Waals surface area contributed by atoms with Crippen LogP contribution in [0.2, 0.25) is 0 Å². The van der Waals surface area contributed by atoms with Crippen molar-refractivity contribution in [1.82, 2.24) is 14.7 Å². The van der Waals surface area contributed by atoms with E-state index in [4.69, 9.17) is 0 Å². The number of hydrogen-bond donors (Lipinski definition) is 1. The summed E-state index contributed by atoms with van der Waals surface area (Å²) in [6, 6.07) is 4.09. The molecule has 1 aliphatic carbocycles. The van der Waals surface area contributed by atoms with Gasteiger partial charge in [-0.1, -0.05) is 0 Å². The minimum absolute atomic E-state index is 0.138. The molecule has 0 bridgehead atoms. The highest BCUT2D eigenvalue weighted by atomic mass is 32.1. The topological polar surface area (TPSA) is 58.4 Å². The van der Waals surface area contributed by atoms with Gasteiger partial charge in [0.05, 0.1) is 16.3 Å². The van der Waals surface area contributed by atoms with Gasteiger partial charge in [0.2, 0.25) is 0 Å². The van der Waals surface area contributed by atoms with Crippen LogP contribution in [0.1, 0.15) is 58.9 Å². The van der Waals surface area contributed by atoms with Crippen molar-refractivity contribution in [3.63, 3.8) is 0 Å². The second kappa shape index (κ2) is 6.43. The molecule has 5 nitrogen and oxygen atoms in total. The van der Waals surface area contributed by atoms with Crippen molar-refractivity contribution in [3.05, 3.63) is 39.3 Å². The molecule has 2 aromatic rings. The second-order valence-electron chi connectivity index (χ2n) is 7.01. The monoisotopic (exact) mass is 345 g/mol. The van der Waals surface area contributed by atoms with Crippen LogP contribution in [0.25, 0.3) is 0 Å². The molecule has 1 fully saturated rings. The quantitative estimate of drug-likeness (QED) is 0.847. The maximum absolute atomic E-state index is 11.5. The first-order valence-corrected chi connectivity index (χ1v) is 9.53. The molecule has 2 aromatic heterocycles. The van der Waals surface area contributed by atoms with E-state index in [0.29, 0.717) is 5.92 Å². The van der Waals surface area contributed by atoms with E-state index in [1.807, 2.05) is 6.07 Å². The number of aryl methyl sites for hydroxylation is 1. The van der Waals surface area contributed by atoms with Crippen molar-refractivity contribution < 1.29 is 9.90 Å². The largest absolute Gasteiger partial charge is 0.386 e. The Balaban J connectivity index is 1.47. The molecule has 1 aliphatic heterocycles. The van der Waals surface area contributed by atoms with Gasteiger partial charge in [-0.2, -0.15) is 5.10 Å². The molecule has 0 radical (unpaired) electrons. The SMILES string of the molecule is CC(=O)c1cc(CN2CCCn3nc([C@H](O)C4CC4)cc3C2)cs1. The van der Waals surface area contributed by atoms with Gasteiger partial charge in [-0.05, 0) is 55.2 Å². The number of aliphatic hydroxyl groups is 1. The summed E-state index contributed by atoms with van der Waals surface area (Å²) in [5.41, 5.74) is 3.23. The Labute approximate surface area is 145 Å². The molecular weight excluding hydrogens is 322 g/mol. The zero-order chi connectivity index (χ0) is 16.7. The van der Waals surface area contributed by atoms with E-state index >= 15 is 0 Å². The molecule has 0 unspecified atom stereocenters. The second-order valence-corrected chi connectivity index (χ2v) is 7.92. The Bertz CT molecular complexity index is 747. The average Bonchev–Trinajstić information content (AvgIpc) is 3.22. The number of ketones is 1. The summed E-state index contributed by atoms with van der Waals surface area (Å²) in [6.07, 6.45) is 2.89. The zero-order valence-corrected chi connectivity index (χ0v) is 14.8. The molecule has 128 valence electrons. The summed E-state index contributed by atoms with van der Waals surface area (Å²) in [7, 11) is 0. The number of fused-ring (bicyclic) bond motifs is 1. The van der Waals surface area contributed by atoms with Gasteiger partial charge in [-0.25, -0.2) is 0 Å². The summed E-state index contributed by atoms with van der Waals surface area (Å²) in [5, 5.41) is 17.0. The third kappa shape index (κ3) is 3.31. The van der Waals surface area contributed by atoms with Gasteiger partial charge in [0.15, 0.2) is 5.78 Å². The highest BCUT2D eigenvalue weighted by molar-refractivity contribution is 7.12. The minimum atomic E-state index is -0.395. The van der Waals surface area contributed by atoms with Gasteiger partial charge in [0.25, 0.3) is 0 Å². The molecule has 2 aliphatic rings. The molecule has 3 heterocycles. The molecule has 1 saturated carbocycles. The van der Waals surface area contributed by atoms with Crippen molar-refractivity contribution in [2.24, 2.45) is 5.92 Å². The normalized spacial score (nSPS) is 19.8. The number of rotatable bonds is 5. The van der Waals surface area contributed by atoms with Crippen LogP contribution in [0.3, 0.4) is 0 Å². The van der Waals surface area contributed by atoms with E-state index in [9.17, 15) is 9.90 Å². The number of Topliss-reactive ketones (excluding diaryl/α,β-unsaturated/α-hetero) is 1. The van der Waals surface area contributed by atoms with Gasteiger partial charge < -0.3 is 5.11 Å². The lowest BCUT2D eigenvalue weighted by Crippen LogP contribution is -2.22. The van der Waals surface area contributed by atoms with E-state index in [2.05, 4.69) is 26.1 Å². The molecule has 24 heavy (non-hydrogen) atoms. The van der Waals surface area contributed by atoms with Crippen LogP contribution < -0.4 is 0 Å². The van der Waals surface area contributed by atoms with Crippen molar-refractivity contribution >= 4 is 17.1 Å². The lowest BCUT2D eigenvalue weighted by molar-refractivity contribution is 0.102. The van der Waals surface area contributed by atoms with Crippen LogP contribution >= 0.6 is 11.3 Å². The van der Waals surface area contributed by atoms with Gasteiger partial charge >= 0.3 is 0 Å². The van der Waals surface area contributed by atoms with Crippen molar-refractivity contribution in [2.45, 2.75) is 51.9 Å². The van der Waals surface area contributed by atoms with Gasteiger partial charge in [-0.15, -0.1) is 11.3 Å². The molecule has 0 saturated heterocycles. The fourth-order valence-corrected chi connectivity index (χ4v) is 4.19. The van der Waals surface area contributed by atoms with E-state index < -0.39 is 6.10 Å². The summed E-state index contributed by atoms with van der Waals surface area (Å²) in [6.45, 7) is 5.25. The van der Waals surface area contributed by atoms with Crippen molar-refractivity contribution in [3.8, 4) is 0 Å². The number of aromatic nitrogens is 2. The van der Waals surface area contributed by atoms with E-state index in [1.54, 1.807) is 6.92 Å². The Morgan fingerprint density at radius 2 is 2.25 bits per heavy atom. The number of thiophene rings is 1. The standard InChI is InChI=1S/C18H23N3O2S/c1-12(22)17-7-13(11-24-17)9-20-5-2-6-21-15(10-20)8-16(19-21)18(23)14-3-4-14/h7-8,11,14,18,23H,2-6,9-10H2,1H3/t18-/m1/s1. The minimum Gasteiger partial charge on any atom is -0.386 e. The first-order chi connectivity index (χ1) is 11.6. The van der Waals surface area contributed by atoms with E-state index in [1.165, 1.54) is 22.6 Å². The van der Waals surface area contributed by atoms with Gasteiger partial charge in [0, 0.05) is 26.2 Å².